The lowest BCUT2D eigenvalue weighted by atomic mass is 9.97. The van der Waals surface area contributed by atoms with Crippen LogP contribution in [0, 0.1) is 6.92 Å². The molecule has 2 aromatic rings. The average Bonchev–Trinajstić information content (AvgIpc) is 3.00. The van der Waals surface area contributed by atoms with E-state index in [-0.39, 0.29) is 0 Å². The lowest BCUT2D eigenvalue weighted by Gasteiger charge is -2.34. The maximum atomic E-state index is 9.87. The van der Waals surface area contributed by atoms with Crippen LogP contribution >= 0.6 is 0 Å². The van der Waals surface area contributed by atoms with Gasteiger partial charge in [0.1, 0.15) is 11.5 Å². The molecule has 1 aromatic heterocycles. The summed E-state index contributed by atoms with van der Waals surface area (Å²) in [4.78, 5) is 2.52. The molecule has 1 aromatic carbocycles. The summed E-state index contributed by atoms with van der Waals surface area (Å²) in [5.41, 5.74) is 3.08. The van der Waals surface area contributed by atoms with Crippen molar-refractivity contribution in [3.8, 4) is 0 Å². The second kappa shape index (κ2) is 7.71. The first-order valence-electron chi connectivity index (χ1n) is 9.38. The molecule has 3 rings (SSSR count). The van der Waals surface area contributed by atoms with Gasteiger partial charge in [-0.25, -0.2) is 0 Å². The van der Waals surface area contributed by atoms with Gasteiger partial charge in [0.25, 0.3) is 0 Å². The van der Waals surface area contributed by atoms with Gasteiger partial charge in [-0.3, -0.25) is 4.90 Å². The zero-order chi connectivity index (χ0) is 17.9. The molecule has 0 bridgehead atoms. The Morgan fingerprint density at radius 2 is 1.92 bits per heavy atom. The first-order valence-corrected chi connectivity index (χ1v) is 9.38. The summed E-state index contributed by atoms with van der Waals surface area (Å²) in [5.74, 6) is 0.886. The normalized spacial score (nSPS) is 19.3. The summed E-state index contributed by atoms with van der Waals surface area (Å²) >= 11 is 0. The van der Waals surface area contributed by atoms with Crippen molar-refractivity contribution in [1.82, 2.24) is 10.1 Å². The molecule has 25 heavy (non-hydrogen) atoms. The third-order valence-electron chi connectivity index (χ3n) is 5.04. The first-order chi connectivity index (χ1) is 11.9. The Labute approximate surface area is 150 Å². The number of rotatable bonds is 6. The number of benzene rings is 1. The Bertz CT molecular complexity index is 670. The highest BCUT2D eigenvalue weighted by Crippen LogP contribution is 2.31. The topological polar surface area (TPSA) is 49.5 Å². The Kier molecular flexibility index (Phi) is 5.60. The fraction of sp³-hybridized carbons (Fsp3) is 0.571. The SMILES string of the molecule is Cc1cc(C2CCCCN2Cc2ccc(CCC(C)(C)O)cc2)no1. The molecule has 1 aliphatic heterocycles. The fourth-order valence-electron chi connectivity index (χ4n) is 3.55. The van der Waals surface area contributed by atoms with Crippen molar-refractivity contribution in [2.45, 2.75) is 71.1 Å². The molecule has 1 N–H and O–H groups in total. The second-order valence-corrected chi connectivity index (χ2v) is 7.97. The van der Waals surface area contributed by atoms with Crippen molar-refractivity contribution in [2.75, 3.05) is 6.54 Å². The molecule has 0 spiro atoms. The molecule has 136 valence electrons. The predicted octanol–water partition coefficient (Wildman–Crippen LogP) is 4.41. The highest BCUT2D eigenvalue weighted by molar-refractivity contribution is 5.23. The molecule has 0 saturated carbocycles. The van der Waals surface area contributed by atoms with Gasteiger partial charge in [0.2, 0.25) is 0 Å². The molecular weight excluding hydrogens is 312 g/mol. The predicted molar refractivity (Wildman–Crippen MR) is 99.3 cm³/mol. The minimum Gasteiger partial charge on any atom is -0.390 e. The highest BCUT2D eigenvalue weighted by atomic mass is 16.5. The van der Waals surface area contributed by atoms with E-state index in [2.05, 4.69) is 40.4 Å². The van der Waals surface area contributed by atoms with Gasteiger partial charge in [0, 0.05) is 12.6 Å². The maximum Gasteiger partial charge on any atom is 0.133 e. The van der Waals surface area contributed by atoms with Crippen LogP contribution in [-0.2, 0) is 13.0 Å². The summed E-state index contributed by atoms with van der Waals surface area (Å²) in [5, 5.41) is 14.1. The summed E-state index contributed by atoms with van der Waals surface area (Å²) in [6.07, 6.45) is 5.34. The van der Waals surface area contributed by atoms with Gasteiger partial charge >= 0.3 is 0 Å². The number of aryl methyl sites for hydroxylation is 2. The van der Waals surface area contributed by atoms with Crippen LogP contribution < -0.4 is 0 Å². The number of nitrogens with zero attached hydrogens (tertiary/aromatic N) is 2. The molecule has 1 fully saturated rings. The molecular formula is C21H30N2O2. The maximum absolute atomic E-state index is 9.87. The standard InChI is InChI=1S/C21H30N2O2/c1-16-14-19(22-25-16)20-6-4-5-13-23(20)15-18-9-7-17(8-10-18)11-12-21(2,3)24/h7-10,14,20,24H,4-6,11-13,15H2,1-3H3. The zero-order valence-electron chi connectivity index (χ0n) is 15.7. The van der Waals surface area contributed by atoms with Gasteiger partial charge in [-0.15, -0.1) is 0 Å². The van der Waals surface area contributed by atoms with E-state index in [0.29, 0.717) is 6.04 Å². The Morgan fingerprint density at radius 3 is 2.56 bits per heavy atom. The molecule has 0 aliphatic carbocycles. The first kappa shape index (κ1) is 18.2. The van der Waals surface area contributed by atoms with Crippen LogP contribution in [0.25, 0.3) is 0 Å². The van der Waals surface area contributed by atoms with Gasteiger partial charge in [-0.05, 0) is 64.1 Å². The van der Waals surface area contributed by atoms with Gasteiger partial charge in [-0.2, -0.15) is 0 Å². The largest absolute Gasteiger partial charge is 0.390 e. The Hall–Kier alpha value is -1.65. The van der Waals surface area contributed by atoms with Crippen molar-refractivity contribution in [3.05, 3.63) is 52.9 Å². The molecule has 1 saturated heterocycles. The van der Waals surface area contributed by atoms with E-state index in [1.54, 1.807) is 0 Å². The minimum atomic E-state index is -0.602. The van der Waals surface area contributed by atoms with Crippen LogP contribution in [0.1, 0.15) is 68.2 Å². The number of likely N-dealkylation sites (tertiary alicyclic amines) is 1. The molecule has 0 radical (unpaired) electrons. The monoisotopic (exact) mass is 342 g/mol. The van der Waals surface area contributed by atoms with E-state index in [1.807, 2.05) is 20.8 Å². The van der Waals surface area contributed by atoms with E-state index >= 15 is 0 Å². The summed E-state index contributed by atoms with van der Waals surface area (Å²) in [6, 6.07) is 11.3. The third kappa shape index (κ3) is 5.16. The van der Waals surface area contributed by atoms with Crippen molar-refractivity contribution >= 4 is 0 Å². The fourth-order valence-corrected chi connectivity index (χ4v) is 3.55. The minimum absolute atomic E-state index is 0.362. The zero-order valence-corrected chi connectivity index (χ0v) is 15.7. The molecule has 4 nitrogen and oxygen atoms in total. The van der Waals surface area contributed by atoms with E-state index in [4.69, 9.17) is 4.52 Å². The van der Waals surface area contributed by atoms with Crippen LogP contribution in [0.15, 0.2) is 34.9 Å². The summed E-state index contributed by atoms with van der Waals surface area (Å²) < 4.78 is 5.29. The van der Waals surface area contributed by atoms with Crippen LogP contribution in [0.3, 0.4) is 0 Å². The van der Waals surface area contributed by atoms with Crippen molar-refractivity contribution in [2.24, 2.45) is 0 Å². The van der Waals surface area contributed by atoms with E-state index in [1.165, 1.54) is 24.0 Å². The lowest BCUT2D eigenvalue weighted by Crippen LogP contribution is -2.33. The van der Waals surface area contributed by atoms with Crippen LogP contribution in [0.5, 0.6) is 0 Å². The van der Waals surface area contributed by atoms with Crippen molar-refractivity contribution < 1.29 is 9.63 Å². The van der Waals surface area contributed by atoms with E-state index in [0.717, 1.165) is 43.8 Å². The Balaban J connectivity index is 1.63. The molecule has 4 heteroatoms. The molecule has 1 atom stereocenters. The second-order valence-electron chi connectivity index (χ2n) is 7.97. The van der Waals surface area contributed by atoms with Crippen LogP contribution in [-0.4, -0.2) is 27.3 Å². The summed E-state index contributed by atoms with van der Waals surface area (Å²) in [7, 11) is 0. The lowest BCUT2D eigenvalue weighted by molar-refractivity contribution is 0.0714. The molecule has 1 unspecified atom stereocenters. The van der Waals surface area contributed by atoms with Gasteiger partial charge in [-0.1, -0.05) is 35.8 Å². The van der Waals surface area contributed by atoms with Gasteiger partial charge < -0.3 is 9.63 Å². The number of aromatic nitrogens is 1. The quantitative estimate of drug-likeness (QED) is 0.844. The molecule has 1 aliphatic rings. The van der Waals surface area contributed by atoms with E-state index < -0.39 is 5.60 Å². The smallest absolute Gasteiger partial charge is 0.133 e. The van der Waals surface area contributed by atoms with Crippen LogP contribution in [0.4, 0.5) is 0 Å². The van der Waals surface area contributed by atoms with Gasteiger partial charge in [0.05, 0.1) is 11.6 Å². The number of aliphatic hydroxyl groups is 1. The Morgan fingerprint density at radius 1 is 1.20 bits per heavy atom. The third-order valence-corrected chi connectivity index (χ3v) is 5.04. The summed E-state index contributed by atoms with van der Waals surface area (Å²) in [6.45, 7) is 7.74. The highest BCUT2D eigenvalue weighted by Gasteiger charge is 2.26. The van der Waals surface area contributed by atoms with Crippen molar-refractivity contribution in [3.63, 3.8) is 0 Å². The number of hydrogen-bond donors (Lipinski definition) is 1. The number of piperidine rings is 1. The average molecular weight is 342 g/mol. The molecule has 0 amide bonds. The van der Waals surface area contributed by atoms with E-state index in [9.17, 15) is 5.11 Å². The molecule has 2 heterocycles. The van der Waals surface area contributed by atoms with Gasteiger partial charge in [0.15, 0.2) is 0 Å². The van der Waals surface area contributed by atoms with Crippen LogP contribution in [0.2, 0.25) is 0 Å². The number of hydrogen-bond acceptors (Lipinski definition) is 4. The van der Waals surface area contributed by atoms with Crippen molar-refractivity contribution in [1.29, 1.82) is 0 Å².